The number of pyridine rings is 1. The average molecular weight is 230 g/mol. The number of hydrogen-bond donors (Lipinski definition) is 2. The third-order valence-corrected chi connectivity index (χ3v) is 2.34. The molecule has 3 aromatic rings. The number of aromatic nitrogens is 6. The maximum Gasteiger partial charge on any atom is 0.354 e. The molecule has 0 bridgehead atoms. The Morgan fingerprint density at radius 1 is 1.41 bits per heavy atom. The van der Waals surface area contributed by atoms with Gasteiger partial charge < -0.3 is 5.11 Å². The van der Waals surface area contributed by atoms with E-state index in [2.05, 4.69) is 25.6 Å². The highest BCUT2D eigenvalue weighted by atomic mass is 16.4. The summed E-state index contributed by atoms with van der Waals surface area (Å²) in [5.41, 5.74) is 1.13. The van der Waals surface area contributed by atoms with E-state index in [1.807, 2.05) is 0 Å². The van der Waals surface area contributed by atoms with E-state index in [1.54, 1.807) is 18.2 Å². The van der Waals surface area contributed by atoms with E-state index < -0.39 is 5.97 Å². The maximum absolute atomic E-state index is 11.1. The lowest BCUT2D eigenvalue weighted by Crippen LogP contribution is -2.04. The molecule has 2 N–H and O–H groups in total. The minimum atomic E-state index is -1.06. The number of carbonyl (C=O) groups is 1. The summed E-state index contributed by atoms with van der Waals surface area (Å²) in [4.78, 5) is 15.1. The van der Waals surface area contributed by atoms with Crippen molar-refractivity contribution in [1.82, 2.24) is 30.0 Å². The highest BCUT2D eigenvalue weighted by Gasteiger charge is 2.15. The number of aromatic carboxylic acids is 1. The van der Waals surface area contributed by atoms with Crippen LogP contribution in [0.1, 0.15) is 10.5 Å². The molecule has 3 heterocycles. The van der Waals surface area contributed by atoms with Gasteiger partial charge in [-0.2, -0.15) is 0 Å². The molecule has 0 aliphatic heterocycles. The van der Waals surface area contributed by atoms with Crippen molar-refractivity contribution in [1.29, 1.82) is 0 Å². The van der Waals surface area contributed by atoms with Gasteiger partial charge in [-0.15, -0.1) is 5.10 Å². The first-order valence-corrected chi connectivity index (χ1v) is 4.71. The summed E-state index contributed by atoms with van der Waals surface area (Å²) in [5.74, 6) is -0.673. The maximum atomic E-state index is 11.1. The summed E-state index contributed by atoms with van der Waals surface area (Å²) in [6, 6.07) is 5.18. The van der Waals surface area contributed by atoms with E-state index >= 15 is 0 Å². The number of nitrogens with one attached hydrogen (secondary N) is 1. The van der Waals surface area contributed by atoms with Gasteiger partial charge in [-0.05, 0) is 22.6 Å². The van der Waals surface area contributed by atoms with Gasteiger partial charge in [0.2, 0.25) is 0 Å². The molecule has 84 valence electrons. The zero-order valence-corrected chi connectivity index (χ0v) is 8.40. The molecule has 8 nitrogen and oxygen atoms in total. The number of imidazole rings is 1. The van der Waals surface area contributed by atoms with Gasteiger partial charge in [0.1, 0.15) is 5.65 Å². The Hall–Kier alpha value is -2.77. The molecular weight excluding hydrogens is 224 g/mol. The zero-order valence-electron chi connectivity index (χ0n) is 8.40. The van der Waals surface area contributed by atoms with Crippen molar-refractivity contribution >= 4 is 11.6 Å². The minimum absolute atomic E-state index is 0.0620. The van der Waals surface area contributed by atoms with Crippen LogP contribution in [0.4, 0.5) is 0 Å². The van der Waals surface area contributed by atoms with Crippen molar-refractivity contribution in [3.63, 3.8) is 0 Å². The Labute approximate surface area is 93.9 Å². The van der Waals surface area contributed by atoms with Gasteiger partial charge in [0.25, 0.3) is 0 Å². The summed E-state index contributed by atoms with van der Waals surface area (Å²) in [6.45, 7) is 0. The summed E-state index contributed by atoms with van der Waals surface area (Å²) in [6.07, 6.45) is 1.30. The Bertz CT molecular complexity index is 687. The molecule has 0 aromatic carbocycles. The number of H-pyrrole nitrogens is 1. The number of rotatable bonds is 2. The first-order chi connectivity index (χ1) is 8.27. The second kappa shape index (κ2) is 3.37. The molecule has 0 saturated heterocycles. The third kappa shape index (κ3) is 1.34. The number of aromatic amines is 1. The van der Waals surface area contributed by atoms with Crippen molar-refractivity contribution in [3.8, 4) is 11.5 Å². The number of carboxylic acids is 1. The number of carboxylic acid groups (broad SMARTS) is 1. The van der Waals surface area contributed by atoms with Gasteiger partial charge in [-0.25, -0.2) is 14.9 Å². The normalized spacial score (nSPS) is 10.8. The fraction of sp³-hybridized carbons (Fsp3) is 0. The zero-order chi connectivity index (χ0) is 11.8. The lowest BCUT2D eigenvalue weighted by Gasteiger charge is -2.02. The van der Waals surface area contributed by atoms with Gasteiger partial charge in [0, 0.05) is 0 Å². The molecule has 3 aromatic heterocycles. The van der Waals surface area contributed by atoms with E-state index in [4.69, 9.17) is 5.11 Å². The molecule has 0 unspecified atom stereocenters. The molecule has 0 radical (unpaired) electrons. The van der Waals surface area contributed by atoms with Gasteiger partial charge in [0.15, 0.2) is 11.5 Å². The quantitative estimate of drug-likeness (QED) is 0.651. The number of nitrogens with zero attached hydrogens (tertiary/aromatic N) is 5. The molecule has 17 heavy (non-hydrogen) atoms. The monoisotopic (exact) mass is 230 g/mol. The Morgan fingerprint density at radius 3 is 3.00 bits per heavy atom. The van der Waals surface area contributed by atoms with Crippen LogP contribution in [0.5, 0.6) is 0 Å². The molecule has 0 amide bonds. The van der Waals surface area contributed by atoms with Crippen molar-refractivity contribution in [2.75, 3.05) is 0 Å². The minimum Gasteiger partial charge on any atom is -0.477 e. The second-order valence-electron chi connectivity index (χ2n) is 3.30. The highest BCUT2D eigenvalue weighted by molar-refractivity contribution is 5.87. The first-order valence-electron chi connectivity index (χ1n) is 4.71. The smallest absolute Gasteiger partial charge is 0.354 e. The summed E-state index contributed by atoms with van der Waals surface area (Å²) in [7, 11) is 0. The summed E-state index contributed by atoms with van der Waals surface area (Å²) >= 11 is 0. The lowest BCUT2D eigenvalue weighted by molar-refractivity contribution is 0.0689. The fourth-order valence-corrected chi connectivity index (χ4v) is 1.64. The van der Waals surface area contributed by atoms with Crippen LogP contribution in [0.3, 0.4) is 0 Å². The van der Waals surface area contributed by atoms with Crippen LogP contribution in [0.15, 0.2) is 24.4 Å². The molecule has 0 aliphatic carbocycles. The van der Waals surface area contributed by atoms with Crippen LogP contribution < -0.4 is 0 Å². The molecule has 0 atom stereocenters. The number of hydrogen-bond acceptors (Lipinski definition) is 5. The van der Waals surface area contributed by atoms with Gasteiger partial charge in [0.05, 0.1) is 11.9 Å². The largest absolute Gasteiger partial charge is 0.477 e. The summed E-state index contributed by atoms with van der Waals surface area (Å²) in [5, 5.41) is 22.3. The highest BCUT2D eigenvalue weighted by Crippen LogP contribution is 2.18. The number of tetrazole rings is 1. The fourth-order valence-electron chi connectivity index (χ4n) is 1.64. The van der Waals surface area contributed by atoms with Gasteiger partial charge in [-0.1, -0.05) is 6.07 Å². The topological polar surface area (TPSA) is 109 Å². The van der Waals surface area contributed by atoms with Crippen molar-refractivity contribution in [3.05, 3.63) is 30.1 Å². The predicted octanol–water partition coefficient (Wildman–Crippen LogP) is 0.213. The van der Waals surface area contributed by atoms with E-state index in [-0.39, 0.29) is 5.69 Å². The van der Waals surface area contributed by atoms with E-state index in [1.165, 1.54) is 10.6 Å². The molecule has 0 aliphatic rings. The predicted molar refractivity (Wildman–Crippen MR) is 55.3 cm³/mol. The second-order valence-corrected chi connectivity index (χ2v) is 3.30. The Morgan fingerprint density at radius 2 is 2.29 bits per heavy atom. The van der Waals surface area contributed by atoms with Crippen molar-refractivity contribution in [2.45, 2.75) is 0 Å². The van der Waals surface area contributed by atoms with Gasteiger partial charge >= 0.3 is 5.97 Å². The Balaban J connectivity index is 2.38. The van der Waals surface area contributed by atoms with Crippen LogP contribution >= 0.6 is 0 Å². The molecule has 3 rings (SSSR count). The van der Waals surface area contributed by atoms with Crippen molar-refractivity contribution in [2.24, 2.45) is 0 Å². The molecule has 0 saturated carbocycles. The molecule has 0 fully saturated rings. The van der Waals surface area contributed by atoms with Crippen LogP contribution in [0, 0.1) is 0 Å². The Kier molecular flexibility index (Phi) is 1.87. The van der Waals surface area contributed by atoms with Crippen LogP contribution in [-0.4, -0.2) is 41.1 Å². The van der Waals surface area contributed by atoms with Gasteiger partial charge in [-0.3, -0.25) is 4.40 Å². The van der Waals surface area contributed by atoms with Crippen LogP contribution in [0.2, 0.25) is 0 Å². The van der Waals surface area contributed by atoms with Crippen LogP contribution in [-0.2, 0) is 0 Å². The van der Waals surface area contributed by atoms with E-state index in [0.717, 1.165) is 0 Å². The number of fused-ring (bicyclic) bond motifs is 1. The lowest BCUT2D eigenvalue weighted by atomic mass is 10.3. The summed E-state index contributed by atoms with van der Waals surface area (Å²) < 4.78 is 1.48. The third-order valence-electron chi connectivity index (χ3n) is 2.34. The van der Waals surface area contributed by atoms with Crippen molar-refractivity contribution < 1.29 is 9.90 Å². The van der Waals surface area contributed by atoms with E-state index in [0.29, 0.717) is 17.2 Å². The molecule has 0 spiro atoms. The van der Waals surface area contributed by atoms with Crippen LogP contribution in [0.25, 0.3) is 17.2 Å². The molecule has 8 heteroatoms. The molecular formula is C9H6N6O2. The average Bonchev–Trinajstić information content (AvgIpc) is 2.97. The first kappa shape index (κ1) is 9.46. The SMILES string of the molecule is O=C(O)c1cnc2cccc(-c3nnn[nH]3)n12. The standard InChI is InChI=1S/C9H6N6O2/c16-9(17)6-4-10-7-3-1-2-5(15(6)7)8-11-13-14-12-8/h1-4H,(H,16,17)(H,11,12,13,14). The van der Waals surface area contributed by atoms with E-state index in [9.17, 15) is 4.79 Å².